The number of rotatable bonds is 6. The summed E-state index contributed by atoms with van der Waals surface area (Å²) in [6.07, 6.45) is 1.90. The van der Waals surface area contributed by atoms with Gasteiger partial charge in [0.1, 0.15) is 0 Å². The number of esters is 1. The first-order valence-electron chi connectivity index (χ1n) is 9.35. The Morgan fingerprint density at radius 2 is 1.59 bits per heavy atom. The minimum Gasteiger partial charge on any atom is -0.455 e. The van der Waals surface area contributed by atoms with Crippen molar-refractivity contribution in [2.24, 2.45) is 0 Å². The molecule has 5 nitrogen and oxygen atoms in total. The molecule has 0 saturated carbocycles. The summed E-state index contributed by atoms with van der Waals surface area (Å²) < 4.78 is 5.18. The van der Waals surface area contributed by atoms with Gasteiger partial charge < -0.3 is 15.0 Å². The molecule has 0 radical (unpaired) electrons. The van der Waals surface area contributed by atoms with Gasteiger partial charge in [-0.05, 0) is 23.3 Å². The van der Waals surface area contributed by atoms with Crippen molar-refractivity contribution in [1.29, 1.82) is 0 Å². The molecule has 0 aliphatic heterocycles. The predicted octanol–water partition coefficient (Wildman–Crippen LogP) is 4.56. The van der Waals surface area contributed by atoms with Crippen LogP contribution in [0.1, 0.15) is 5.56 Å². The summed E-state index contributed by atoms with van der Waals surface area (Å²) in [5.74, 6) is -0.818. The number of nitrogens with one attached hydrogen (secondary N) is 2. The molecule has 1 amide bonds. The highest BCUT2D eigenvalue weighted by Gasteiger charge is 2.13. The quantitative estimate of drug-likeness (QED) is 0.479. The van der Waals surface area contributed by atoms with Crippen molar-refractivity contribution in [3.05, 3.63) is 90.6 Å². The normalized spacial score (nSPS) is 10.6. The second kappa shape index (κ2) is 8.44. The van der Waals surface area contributed by atoms with E-state index in [1.54, 1.807) is 6.20 Å². The lowest BCUT2D eigenvalue weighted by molar-refractivity contribution is -0.146. The van der Waals surface area contributed by atoms with Gasteiger partial charge in [-0.25, -0.2) is 0 Å². The minimum absolute atomic E-state index is 0.109. The van der Waals surface area contributed by atoms with E-state index in [-0.39, 0.29) is 18.9 Å². The summed E-state index contributed by atoms with van der Waals surface area (Å²) in [6, 6.07) is 25.1. The Bertz CT molecular complexity index is 1150. The summed E-state index contributed by atoms with van der Waals surface area (Å²) in [7, 11) is 0. The van der Waals surface area contributed by atoms with Crippen molar-refractivity contribution in [3.63, 3.8) is 0 Å². The number of benzene rings is 3. The van der Waals surface area contributed by atoms with Crippen LogP contribution in [0.2, 0.25) is 0 Å². The lowest BCUT2D eigenvalue weighted by Gasteiger charge is -2.11. The van der Waals surface area contributed by atoms with Crippen molar-refractivity contribution in [1.82, 2.24) is 4.98 Å². The number of carbonyl (C=O) groups is 2. The fourth-order valence-corrected chi connectivity index (χ4v) is 3.28. The molecule has 0 aliphatic carbocycles. The van der Waals surface area contributed by atoms with E-state index in [0.29, 0.717) is 5.69 Å². The Labute approximate surface area is 168 Å². The van der Waals surface area contributed by atoms with Crippen molar-refractivity contribution in [2.45, 2.75) is 6.42 Å². The van der Waals surface area contributed by atoms with Crippen LogP contribution in [0.4, 0.5) is 5.69 Å². The van der Waals surface area contributed by atoms with Gasteiger partial charge >= 0.3 is 5.97 Å². The smallest absolute Gasteiger partial charge is 0.310 e. The van der Waals surface area contributed by atoms with Crippen LogP contribution in [0.3, 0.4) is 0 Å². The Hall–Kier alpha value is -3.86. The minimum atomic E-state index is -0.443. The molecule has 2 N–H and O–H groups in total. The third kappa shape index (κ3) is 4.35. The summed E-state index contributed by atoms with van der Waals surface area (Å²) in [5, 5.41) is 3.81. The Kier molecular flexibility index (Phi) is 5.38. The van der Waals surface area contributed by atoms with Crippen LogP contribution in [0.15, 0.2) is 85.1 Å². The highest BCUT2D eigenvalue weighted by Crippen LogP contribution is 2.27. The fourth-order valence-electron chi connectivity index (χ4n) is 3.28. The van der Waals surface area contributed by atoms with Crippen LogP contribution in [0, 0.1) is 0 Å². The predicted molar refractivity (Wildman–Crippen MR) is 113 cm³/mol. The van der Waals surface area contributed by atoms with E-state index in [4.69, 9.17) is 4.74 Å². The highest BCUT2D eigenvalue weighted by molar-refractivity contribution is 5.97. The Morgan fingerprint density at radius 1 is 0.862 bits per heavy atom. The first-order chi connectivity index (χ1) is 14.2. The van der Waals surface area contributed by atoms with E-state index in [1.807, 2.05) is 78.9 Å². The first kappa shape index (κ1) is 18.5. The maximum absolute atomic E-state index is 12.3. The van der Waals surface area contributed by atoms with Gasteiger partial charge in [0.2, 0.25) is 0 Å². The van der Waals surface area contributed by atoms with Gasteiger partial charge in [0.25, 0.3) is 5.91 Å². The molecule has 0 bridgehead atoms. The molecule has 1 aromatic heterocycles. The number of anilines is 1. The molecule has 0 atom stereocenters. The molecule has 3 aromatic carbocycles. The van der Waals surface area contributed by atoms with Crippen molar-refractivity contribution in [2.75, 3.05) is 11.9 Å². The van der Waals surface area contributed by atoms with Crippen LogP contribution in [0.5, 0.6) is 0 Å². The largest absolute Gasteiger partial charge is 0.455 e. The molecule has 0 aliphatic rings. The Balaban J connectivity index is 1.37. The van der Waals surface area contributed by atoms with Crippen molar-refractivity contribution < 1.29 is 14.3 Å². The molecule has 4 aromatic rings. The van der Waals surface area contributed by atoms with Gasteiger partial charge in [-0.3, -0.25) is 9.59 Å². The zero-order valence-corrected chi connectivity index (χ0v) is 15.7. The number of ether oxygens (including phenoxy) is 1. The van der Waals surface area contributed by atoms with Crippen molar-refractivity contribution >= 4 is 28.5 Å². The summed E-state index contributed by atoms with van der Waals surface area (Å²) in [4.78, 5) is 27.6. The molecule has 0 fully saturated rings. The lowest BCUT2D eigenvalue weighted by atomic mass is 10.0. The van der Waals surface area contributed by atoms with Crippen LogP contribution in [-0.2, 0) is 20.7 Å². The molecule has 1 heterocycles. The molecule has 5 heteroatoms. The molecule has 0 unspecified atom stereocenters. The number of aromatic amines is 1. The van der Waals surface area contributed by atoms with Crippen LogP contribution in [0.25, 0.3) is 22.0 Å². The third-order valence-electron chi connectivity index (χ3n) is 4.66. The fraction of sp³-hybridized carbons (Fsp3) is 0.0833. The maximum Gasteiger partial charge on any atom is 0.310 e. The van der Waals surface area contributed by atoms with Crippen LogP contribution < -0.4 is 5.32 Å². The van der Waals surface area contributed by atoms with Crippen molar-refractivity contribution in [3.8, 4) is 11.1 Å². The van der Waals surface area contributed by atoms with Gasteiger partial charge in [-0.15, -0.1) is 0 Å². The number of H-pyrrole nitrogens is 1. The third-order valence-corrected chi connectivity index (χ3v) is 4.66. The first-order valence-corrected chi connectivity index (χ1v) is 9.35. The SMILES string of the molecule is O=C(COC(=O)Cc1c[nH]c2ccccc12)Nc1ccccc1-c1ccccc1. The van der Waals surface area contributed by atoms with E-state index in [0.717, 1.165) is 27.6 Å². The number of fused-ring (bicyclic) bond motifs is 1. The van der Waals surface area contributed by atoms with Gasteiger partial charge in [0.05, 0.1) is 6.42 Å². The second-order valence-corrected chi connectivity index (χ2v) is 6.66. The van der Waals surface area contributed by atoms with Gasteiger partial charge in [-0.1, -0.05) is 66.7 Å². The van der Waals surface area contributed by atoms with Gasteiger partial charge in [0, 0.05) is 28.4 Å². The average Bonchev–Trinajstić information content (AvgIpc) is 3.16. The number of amides is 1. The zero-order chi connectivity index (χ0) is 20.1. The molecule has 29 heavy (non-hydrogen) atoms. The summed E-state index contributed by atoms with van der Waals surface area (Å²) in [5.41, 5.74) is 4.40. The number of carbonyl (C=O) groups excluding carboxylic acids is 2. The molecule has 0 saturated heterocycles. The lowest BCUT2D eigenvalue weighted by Crippen LogP contribution is -2.21. The number of hydrogen-bond donors (Lipinski definition) is 2. The monoisotopic (exact) mass is 384 g/mol. The van der Waals surface area contributed by atoms with Gasteiger partial charge in [-0.2, -0.15) is 0 Å². The molecular weight excluding hydrogens is 364 g/mol. The topological polar surface area (TPSA) is 71.2 Å². The zero-order valence-electron chi connectivity index (χ0n) is 15.7. The average molecular weight is 384 g/mol. The van der Waals surface area contributed by atoms with Crippen LogP contribution >= 0.6 is 0 Å². The maximum atomic E-state index is 12.3. The molecule has 144 valence electrons. The van der Waals surface area contributed by atoms with E-state index in [1.165, 1.54) is 0 Å². The van der Waals surface area contributed by atoms with Crippen LogP contribution in [-0.4, -0.2) is 23.5 Å². The summed E-state index contributed by atoms with van der Waals surface area (Å²) >= 11 is 0. The summed E-state index contributed by atoms with van der Waals surface area (Å²) in [6.45, 7) is -0.329. The van der Waals surface area contributed by atoms with Gasteiger partial charge in [0.15, 0.2) is 6.61 Å². The van der Waals surface area contributed by atoms with E-state index in [2.05, 4.69) is 10.3 Å². The number of para-hydroxylation sites is 2. The Morgan fingerprint density at radius 3 is 2.45 bits per heavy atom. The molecule has 0 spiro atoms. The molecule has 4 rings (SSSR count). The number of hydrogen-bond acceptors (Lipinski definition) is 3. The number of aromatic nitrogens is 1. The molecular formula is C24H20N2O3. The van der Waals surface area contributed by atoms with E-state index < -0.39 is 5.97 Å². The highest BCUT2D eigenvalue weighted by atomic mass is 16.5. The van der Waals surface area contributed by atoms with E-state index >= 15 is 0 Å². The van der Waals surface area contributed by atoms with E-state index in [9.17, 15) is 9.59 Å². The standard InChI is InChI=1S/C24H20N2O3/c27-23(26-22-13-7-5-10-19(22)17-8-2-1-3-9-17)16-29-24(28)14-18-15-25-21-12-6-4-11-20(18)21/h1-13,15,25H,14,16H2,(H,26,27). The second-order valence-electron chi connectivity index (χ2n) is 6.66.